The Labute approximate surface area is 399 Å². The number of carboxylic acid groups (broad SMARTS) is 1. The Kier molecular flexibility index (Phi) is 18.2. The number of carboxylic acids is 1. The average molecular weight is 947 g/mol. The van der Waals surface area contributed by atoms with Gasteiger partial charge in [-0.05, 0) is 113 Å². The number of methoxy groups -OCH3 is 4. The fraction of sp³-hybridized carbons (Fsp3) is 0.360. The Morgan fingerprint density at radius 3 is 1.51 bits per heavy atom. The zero-order valence-electron chi connectivity index (χ0n) is 39.6. The number of benzene rings is 4. The molecule has 3 amide bonds. The molecule has 364 valence electrons. The summed E-state index contributed by atoms with van der Waals surface area (Å²) in [5, 5.41) is 24.9. The lowest BCUT2D eigenvalue weighted by atomic mass is 9.96. The number of carbonyl (C=O) groups is 4. The summed E-state index contributed by atoms with van der Waals surface area (Å²) in [4.78, 5) is 57.3. The van der Waals surface area contributed by atoms with E-state index in [0.29, 0.717) is 83.5 Å². The van der Waals surface area contributed by atoms with E-state index in [4.69, 9.17) is 33.1 Å². The van der Waals surface area contributed by atoms with Crippen LogP contribution in [-0.2, 0) is 9.59 Å². The van der Waals surface area contributed by atoms with E-state index in [2.05, 4.69) is 36.2 Å². The monoisotopic (exact) mass is 946 g/mol. The first-order valence-electron chi connectivity index (χ1n) is 22.4. The fourth-order valence-electron chi connectivity index (χ4n) is 7.63. The van der Waals surface area contributed by atoms with Crippen molar-refractivity contribution < 1.29 is 52.3 Å². The number of nitrogens with zero attached hydrogens (tertiary/aromatic N) is 5. The van der Waals surface area contributed by atoms with Crippen molar-refractivity contribution in [2.75, 3.05) is 67.7 Å². The van der Waals surface area contributed by atoms with Crippen LogP contribution < -0.4 is 34.9 Å². The lowest BCUT2D eigenvalue weighted by Gasteiger charge is -2.30. The van der Waals surface area contributed by atoms with E-state index in [0.717, 1.165) is 54.1 Å². The number of piperidine rings is 2. The molecule has 0 radical (unpaired) electrons. The third-order valence-electron chi connectivity index (χ3n) is 11.4. The number of amides is 3. The van der Waals surface area contributed by atoms with E-state index in [9.17, 15) is 19.2 Å². The van der Waals surface area contributed by atoms with Crippen LogP contribution in [0.5, 0.6) is 23.0 Å². The third-order valence-corrected chi connectivity index (χ3v) is 11.4. The highest BCUT2D eigenvalue weighted by molar-refractivity contribution is 5.97. The molecule has 4 heterocycles. The van der Waals surface area contributed by atoms with Crippen molar-refractivity contribution in [3.63, 3.8) is 0 Å². The summed E-state index contributed by atoms with van der Waals surface area (Å²) in [5.74, 6) is 3.57. The number of carbonyl (C=O) groups excluding carboxylic acids is 3. The predicted octanol–water partition coefficient (Wildman–Crippen LogP) is 6.23. The molecule has 0 aliphatic carbocycles. The SMILES string of the molecule is COc1ccc(-c2noc(C3CCN(C(=O)CNC(=O)c4cccc(C)c4)CC3)n2)cc1OC.COc1ccc(-c2noc(C3CCNCC3)n2)cc1OC.Cc1cccc(C(=O)NCC(=O)O)c1. The minimum atomic E-state index is -1.05. The van der Waals surface area contributed by atoms with E-state index in [1.807, 2.05) is 56.3 Å². The smallest absolute Gasteiger partial charge is 0.322 e. The molecule has 19 heteroatoms. The van der Waals surface area contributed by atoms with Crippen LogP contribution in [0.15, 0.2) is 94.0 Å². The molecule has 2 saturated heterocycles. The number of nitrogens with one attached hydrogen (secondary N) is 3. The molecule has 4 N–H and O–H groups in total. The fourth-order valence-corrected chi connectivity index (χ4v) is 7.63. The van der Waals surface area contributed by atoms with Crippen LogP contribution in [-0.4, -0.2) is 122 Å². The van der Waals surface area contributed by atoms with Crippen LogP contribution in [0.1, 0.15) is 81.1 Å². The molecule has 2 fully saturated rings. The molecule has 0 unspecified atom stereocenters. The highest BCUT2D eigenvalue weighted by Gasteiger charge is 2.28. The highest BCUT2D eigenvalue weighted by Crippen LogP contribution is 2.34. The van der Waals surface area contributed by atoms with Crippen LogP contribution in [0.3, 0.4) is 0 Å². The van der Waals surface area contributed by atoms with Crippen LogP contribution >= 0.6 is 0 Å². The lowest BCUT2D eigenvalue weighted by Crippen LogP contribution is -2.43. The Morgan fingerprint density at radius 2 is 1.07 bits per heavy atom. The van der Waals surface area contributed by atoms with E-state index < -0.39 is 5.97 Å². The van der Waals surface area contributed by atoms with Gasteiger partial charge in [-0.3, -0.25) is 19.2 Å². The van der Waals surface area contributed by atoms with Crippen molar-refractivity contribution in [2.24, 2.45) is 0 Å². The number of hydrogen-bond donors (Lipinski definition) is 4. The van der Waals surface area contributed by atoms with Gasteiger partial charge in [0.05, 0.1) is 35.0 Å². The number of hydrogen-bond acceptors (Lipinski definition) is 15. The molecule has 0 atom stereocenters. The summed E-state index contributed by atoms with van der Waals surface area (Å²) in [6.07, 6.45) is 3.50. The molecule has 2 aliphatic rings. The first-order chi connectivity index (χ1) is 33.4. The van der Waals surface area contributed by atoms with Gasteiger partial charge in [0.15, 0.2) is 23.0 Å². The highest BCUT2D eigenvalue weighted by atomic mass is 16.5. The Bertz CT molecular complexity index is 2670. The Balaban J connectivity index is 0.000000189. The van der Waals surface area contributed by atoms with Crippen molar-refractivity contribution in [1.82, 2.24) is 41.1 Å². The third kappa shape index (κ3) is 14.1. The molecule has 4 aromatic carbocycles. The maximum absolute atomic E-state index is 12.6. The molecule has 0 saturated carbocycles. The summed E-state index contributed by atoms with van der Waals surface area (Å²) in [6.45, 7) is 6.54. The molecule has 6 aromatic rings. The summed E-state index contributed by atoms with van der Waals surface area (Å²) in [7, 11) is 6.38. The van der Waals surface area contributed by atoms with Gasteiger partial charge in [-0.15, -0.1) is 0 Å². The molecule has 69 heavy (non-hydrogen) atoms. The Hall–Kier alpha value is -7.80. The largest absolute Gasteiger partial charge is 0.493 e. The van der Waals surface area contributed by atoms with Crippen LogP contribution in [0.4, 0.5) is 0 Å². The minimum absolute atomic E-state index is 0.0263. The van der Waals surface area contributed by atoms with Crippen molar-refractivity contribution in [2.45, 2.75) is 51.4 Å². The number of ether oxygens (including phenoxy) is 4. The van der Waals surface area contributed by atoms with Gasteiger partial charge in [-0.2, -0.15) is 9.97 Å². The second-order valence-corrected chi connectivity index (χ2v) is 16.2. The zero-order valence-corrected chi connectivity index (χ0v) is 39.6. The maximum atomic E-state index is 12.6. The molecular weight excluding hydrogens is 889 g/mol. The summed E-state index contributed by atoms with van der Waals surface area (Å²) >= 11 is 0. The number of rotatable bonds is 14. The molecule has 8 rings (SSSR count). The second-order valence-electron chi connectivity index (χ2n) is 16.2. The van der Waals surface area contributed by atoms with E-state index in [1.165, 1.54) is 0 Å². The van der Waals surface area contributed by atoms with E-state index in [1.54, 1.807) is 75.8 Å². The average Bonchev–Trinajstić information content (AvgIpc) is 4.09. The molecule has 2 aromatic heterocycles. The van der Waals surface area contributed by atoms with Gasteiger partial charge in [0, 0.05) is 47.2 Å². The number of aromatic nitrogens is 4. The van der Waals surface area contributed by atoms with Crippen LogP contribution in [0.2, 0.25) is 0 Å². The first kappa shape index (κ1) is 50.6. The van der Waals surface area contributed by atoms with Gasteiger partial charge in [-0.1, -0.05) is 45.7 Å². The van der Waals surface area contributed by atoms with Crippen LogP contribution in [0.25, 0.3) is 22.8 Å². The molecule has 2 aliphatic heterocycles. The standard InChI is InChI=1S/C25H28N4O5.C15H19N3O3.C10H11NO3/c1-16-5-4-6-19(13-16)24(31)26-15-22(30)29-11-9-17(10-12-29)25-27-23(28-34-25)18-7-8-20(32-2)21(14-18)33-3;1-19-12-4-3-11(9-13(12)20-2)14-17-15(21-18-14)10-5-7-16-8-6-10;1-7-3-2-4-8(5-7)10(14)11-6-9(12)13/h4-8,13-14,17H,9-12,15H2,1-3H3,(H,26,31);3-4,9-10,16H,5-8H2,1-2H3;2-5H,6H2,1H3,(H,11,14)(H,12,13). The van der Waals surface area contributed by atoms with Gasteiger partial charge < -0.3 is 54.0 Å². The van der Waals surface area contributed by atoms with Gasteiger partial charge in [0.1, 0.15) is 6.54 Å². The summed E-state index contributed by atoms with van der Waals surface area (Å²) in [6, 6.07) is 25.3. The summed E-state index contributed by atoms with van der Waals surface area (Å²) < 4.78 is 32.1. The van der Waals surface area contributed by atoms with Crippen molar-refractivity contribution >= 4 is 23.7 Å². The first-order valence-corrected chi connectivity index (χ1v) is 22.4. The van der Waals surface area contributed by atoms with Crippen LogP contribution in [0, 0.1) is 13.8 Å². The molecular formula is C50H58N8O11. The quantitative estimate of drug-likeness (QED) is 0.0946. The minimum Gasteiger partial charge on any atom is -0.493 e. The van der Waals surface area contributed by atoms with Crippen molar-refractivity contribution in [3.05, 3.63) is 119 Å². The number of likely N-dealkylation sites (tertiary alicyclic amines) is 1. The molecule has 0 bridgehead atoms. The van der Waals surface area contributed by atoms with Crippen molar-refractivity contribution in [1.29, 1.82) is 0 Å². The molecule has 0 spiro atoms. The van der Waals surface area contributed by atoms with Gasteiger partial charge in [0.25, 0.3) is 11.8 Å². The summed E-state index contributed by atoms with van der Waals surface area (Å²) in [5.41, 5.74) is 4.62. The van der Waals surface area contributed by atoms with E-state index >= 15 is 0 Å². The van der Waals surface area contributed by atoms with E-state index in [-0.39, 0.29) is 36.7 Å². The number of aryl methyl sites for hydroxylation is 2. The number of aliphatic carboxylic acids is 1. The normalized spacial score (nSPS) is 13.7. The molecule has 19 nitrogen and oxygen atoms in total. The lowest BCUT2D eigenvalue weighted by molar-refractivity contribution is -0.135. The van der Waals surface area contributed by atoms with Gasteiger partial charge in [0.2, 0.25) is 29.3 Å². The van der Waals surface area contributed by atoms with Gasteiger partial charge >= 0.3 is 5.97 Å². The maximum Gasteiger partial charge on any atom is 0.322 e. The van der Waals surface area contributed by atoms with Crippen molar-refractivity contribution in [3.8, 4) is 45.8 Å². The topological polar surface area (TPSA) is 243 Å². The zero-order chi connectivity index (χ0) is 49.3. The Morgan fingerprint density at radius 1 is 0.623 bits per heavy atom. The predicted molar refractivity (Wildman–Crippen MR) is 254 cm³/mol. The second kappa shape index (κ2) is 24.8. The van der Waals surface area contributed by atoms with Gasteiger partial charge in [-0.25, -0.2) is 0 Å².